The van der Waals surface area contributed by atoms with Crippen molar-refractivity contribution in [2.75, 3.05) is 33.4 Å². The van der Waals surface area contributed by atoms with Crippen LogP contribution in [0.1, 0.15) is 43.2 Å². The van der Waals surface area contributed by atoms with Gasteiger partial charge in [-0.2, -0.15) is 0 Å². The number of rotatable bonds is 3. The Morgan fingerprint density at radius 2 is 2.00 bits per heavy atom. The standard InChI is InChI=1S/C23H29NO4/c1-25-18-5-4-15-12-17-16-6-7-23(26-10-11-27-23)21-22(16,19(15)20(18)28-21)8-9-24(17)13-14-2-3-14/h4-5,14,16-17,21H,2-3,6-13H2,1H3/t16-,17-,21-,22-/m0/s1. The Bertz CT molecular complexity index is 830. The number of piperidine rings is 1. The van der Waals surface area contributed by atoms with Crippen LogP contribution in [0.2, 0.25) is 0 Å². The fourth-order valence-electron chi connectivity index (χ4n) is 7.37. The predicted octanol–water partition coefficient (Wildman–Crippen LogP) is 2.89. The third-order valence-corrected chi connectivity index (χ3v) is 8.60. The minimum Gasteiger partial charge on any atom is -0.493 e. The summed E-state index contributed by atoms with van der Waals surface area (Å²) in [6, 6.07) is 5.03. The second-order valence-electron chi connectivity index (χ2n) is 9.78. The van der Waals surface area contributed by atoms with Gasteiger partial charge < -0.3 is 18.9 Å². The number of fused-ring (bicyclic) bond motifs is 1. The molecule has 1 aromatic rings. The molecular weight excluding hydrogens is 354 g/mol. The second kappa shape index (κ2) is 5.44. The molecule has 3 heterocycles. The molecule has 6 aliphatic rings. The fraction of sp³-hybridized carbons (Fsp3) is 0.739. The first-order valence-electron chi connectivity index (χ1n) is 11.1. The number of methoxy groups -OCH3 is 1. The van der Waals surface area contributed by atoms with Crippen LogP contribution < -0.4 is 9.47 Å². The average Bonchev–Trinajstić information content (AvgIpc) is 3.28. The molecule has 28 heavy (non-hydrogen) atoms. The monoisotopic (exact) mass is 383 g/mol. The Kier molecular flexibility index (Phi) is 3.20. The van der Waals surface area contributed by atoms with Crippen molar-refractivity contribution in [3.63, 3.8) is 0 Å². The summed E-state index contributed by atoms with van der Waals surface area (Å²) in [5.41, 5.74) is 2.92. The number of likely N-dealkylation sites (tertiary alicyclic amines) is 1. The van der Waals surface area contributed by atoms with E-state index in [9.17, 15) is 0 Å². The Morgan fingerprint density at radius 3 is 2.79 bits per heavy atom. The molecule has 1 aromatic carbocycles. The van der Waals surface area contributed by atoms with E-state index < -0.39 is 5.79 Å². The van der Waals surface area contributed by atoms with Crippen molar-refractivity contribution < 1.29 is 18.9 Å². The smallest absolute Gasteiger partial charge is 0.206 e. The van der Waals surface area contributed by atoms with E-state index in [1.54, 1.807) is 7.11 Å². The molecule has 4 atom stereocenters. The molecule has 0 amide bonds. The van der Waals surface area contributed by atoms with Crippen molar-refractivity contribution in [1.82, 2.24) is 4.90 Å². The Labute approximate surface area is 166 Å². The summed E-state index contributed by atoms with van der Waals surface area (Å²) in [4.78, 5) is 2.82. The molecule has 5 nitrogen and oxygen atoms in total. The number of benzene rings is 1. The summed E-state index contributed by atoms with van der Waals surface area (Å²) in [5, 5.41) is 0. The van der Waals surface area contributed by atoms with Crippen LogP contribution >= 0.6 is 0 Å². The van der Waals surface area contributed by atoms with Crippen LogP contribution in [-0.4, -0.2) is 56.2 Å². The van der Waals surface area contributed by atoms with E-state index in [1.165, 1.54) is 43.5 Å². The van der Waals surface area contributed by atoms with Crippen LogP contribution in [-0.2, 0) is 21.3 Å². The highest BCUT2D eigenvalue weighted by Gasteiger charge is 2.71. The van der Waals surface area contributed by atoms with Crippen molar-refractivity contribution in [2.24, 2.45) is 11.8 Å². The van der Waals surface area contributed by atoms with Gasteiger partial charge in [0.15, 0.2) is 17.6 Å². The van der Waals surface area contributed by atoms with Crippen LogP contribution in [0, 0.1) is 11.8 Å². The molecule has 150 valence electrons. The maximum atomic E-state index is 6.77. The van der Waals surface area contributed by atoms with Crippen molar-refractivity contribution in [1.29, 1.82) is 0 Å². The van der Waals surface area contributed by atoms with Gasteiger partial charge >= 0.3 is 0 Å². The number of ether oxygens (including phenoxy) is 4. The Morgan fingerprint density at radius 1 is 1.14 bits per heavy atom. The third kappa shape index (κ3) is 1.89. The van der Waals surface area contributed by atoms with E-state index in [4.69, 9.17) is 18.9 Å². The Balaban J connectivity index is 1.41. The zero-order chi connectivity index (χ0) is 18.5. The molecule has 0 radical (unpaired) electrons. The molecular formula is C23H29NO4. The quantitative estimate of drug-likeness (QED) is 0.803. The first-order chi connectivity index (χ1) is 13.7. The molecule has 0 aromatic heterocycles. The Hall–Kier alpha value is -1.30. The molecule has 4 fully saturated rings. The van der Waals surface area contributed by atoms with E-state index in [0.717, 1.165) is 36.7 Å². The molecule has 3 aliphatic heterocycles. The molecule has 0 N–H and O–H groups in total. The highest BCUT2D eigenvalue weighted by atomic mass is 16.8. The van der Waals surface area contributed by atoms with Crippen LogP contribution in [0.5, 0.6) is 11.5 Å². The summed E-state index contributed by atoms with van der Waals surface area (Å²) in [7, 11) is 1.75. The van der Waals surface area contributed by atoms with Crippen molar-refractivity contribution in [3.8, 4) is 11.5 Å². The van der Waals surface area contributed by atoms with E-state index in [1.807, 2.05) is 0 Å². The van der Waals surface area contributed by atoms with Gasteiger partial charge in [0, 0.05) is 30.0 Å². The highest BCUT2D eigenvalue weighted by Crippen LogP contribution is 2.66. The van der Waals surface area contributed by atoms with Crippen LogP contribution in [0.4, 0.5) is 0 Å². The van der Waals surface area contributed by atoms with Gasteiger partial charge in [-0.05, 0) is 62.1 Å². The SMILES string of the molecule is COc1ccc2c3c1O[C@@H]1C4(CC[C@H]5[C@H](C2)N(CC2CC2)CC[C@]315)OCCO4. The van der Waals surface area contributed by atoms with Crippen LogP contribution in [0.15, 0.2) is 12.1 Å². The summed E-state index contributed by atoms with van der Waals surface area (Å²) < 4.78 is 25.1. The summed E-state index contributed by atoms with van der Waals surface area (Å²) >= 11 is 0. The lowest BCUT2D eigenvalue weighted by molar-refractivity contribution is -0.261. The molecule has 2 saturated carbocycles. The second-order valence-corrected chi connectivity index (χ2v) is 9.78. The first kappa shape index (κ1) is 16.5. The van der Waals surface area contributed by atoms with Crippen LogP contribution in [0.25, 0.3) is 0 Å². The predicted molar refractivity (Wildman–Crippen MR) is 103 cm³/mol. The minimum absolute atomic E-state index is 0.0186. The van der Waals surface area contributed by atoms with E-state index in [-0.39, 0.29) is 11.5 Å². The lowest BCUT2D eigenvalue weighted by Crippen LogP contribution is -2.70. The van der Waals surface area contributed by atoms with Crippen LogP contribution in [0.3, 0.4) is 0 Å². The zero-order valence-corrected chi connectivity index (χ0v) is 16.6. The largest absolute Gasteiger partial charge is 0.493 e. The highest BCUT2D eigenvalue weighted by molar-refractivity contribution is 5.61. The van der Waals surface area contributed by atoms with Gasteiger partial charge in [-0.15, -0.1) is 0 Å². The fourth-order valence-corrected chi connectivity index (χ4v) is 7.37. The maximum Gasteiger partial charge on any atom is 0.206 e. The van der Waals surface area contributed by atoms with E-state index in [2.05, 4.69) is 17.0 Å². The lowest BCUT2D eigenvalue weighted by Gasteiger charge is -2.61. The number of nitrogens with zero attached hydrogens (tertiary/aromatic N) is 1. The molecule has 2 saturated heterocycles. The van der Waals surface area contributed by atoms with Crippen molar-refractivity contribution >= 4 is 0 Å². The number of hydrogen-bond acceptors (Lipinski definition) is 5. The van der Waals surface area contributed by atoms with Gasteiger partial charge in [0.2, 0.25) is 5.79 Å². The van der Waals surface area contributed by atoms with Crippen molar-refractivity contribution in [2.45, 2.75) is 61.9 Å². The zero-order valence-electron chi connectivity index (χ0n) is 16.6. The minimum atomic E-state index is -0.571. The van der Waals surface area contributed by atoms with Crippen molar-refractivity contribution in [3.05, 3.63) is 23.3 Å². The first-order valence-corrected chi connectivity index (χ1v) is 11.1. The molecule has 2 bridgehead atoms. The van der Waals surface area contributed by atoms with Gasteiger partial charge in [-0.3, -0.25) is 4.90 Å². The maximum absolute atomic E-state index is 6.77. The van der Waals surface area contributed by atoms with E-state index >= 15 is 0 Å². The molecule has 5 heteroatoms. The van der Waals surface area contributed by atoms with Gasteiger partial charge in [-0.1, -0.05) is 6.07 Å². The number of hydrogen-bond donors (Lipinski definition) is 0. The van der Waals surface area contributed by atoms with Gasteiger partial charge in [-0.25, -0.2) is 0 Å². The topological polar surface area (TPSA) is 40.2 Å². The van der Waals surface area contributed by atoms with Gasteiger partial charge in [0.1, 0.15) is 0 Å². The third-order valence-electron chi connectivity index (χ3n) is 8.60. The lowest BCUT2D eigenvalue weighted by atomic mass is 9.50. The normalized spacial score (nSPS) is 39.7. The average molecular weight is 383 g/mol. The summed E-state index contributed by atoms with van der Waals surface area (Å²) in [6.07, 6.45) is 7.22. The van der Waals surface area contributed by atoms with E-state index in [0.29, 0.717) is 25.2 Å². The van der Waals surface area contributed by atoms with Gasteiger partial charge in [0.25, 0.3) is 0 Å². The summed E-state index contributed by atoms with van der Waals surface area (Å²) in [6.45, 7) is 3.82. The summed E-state index contributed by atoms with van der Waals surface area (Å²) in [5.74, 6) is 2.84. The molecule has 0 unspecified atom stereocenters. The molecule has 3 aliphatic carbocycles. The molecule has 2 spiro atoms. The van der Waals surface area contributed by atoms with Gasteiger partial charge in [0.05, 0.1) is 20.3 Å². The molecule has 7 rings (SSSR count).